The van der Waals surface area contributed by atoms with Gasteiger partial charge in [-0.05, 0) is 20.3 Å². The van der Waals surface area contributed by atoms with Crippen LogP contribution in [0.3, 0.4) is 0 Å². The van der Waals surface area contributed by atoms with Gasteiger partial charge in [0.2, 0.25) is 0 Å². The van der Waals surface area contributed by atoms with Gasteiger partial charge in [0.05, 0.1) is 22.5 Å². The van der Waals surface area contributed by atoms with Crippen LogP contribution in [0.1, 0.15) is 38.6 Å². The van der Waals surface area contributed by atoms with Crippen molar-refractivity contribution in [1.82, 2.24) is 15.1 Å². The molecule has 1 aromatic heterocycles. The van der Waals surface area contributed by atoms with Crippen LogP contribution in [0.5, 0.6) is 0 Å². The molecule has 1 aliphatic carbocycles. The van der Waals surface area contributed by atoms with E-state index in [1.165, 1.54) is 0 Å². The monoisotopic (exact) mass is 285 g/mol. The first-order valence-corrected chi connectivity index (χ1v) is 7.28. The van der Waals surface area contributed by atoms with Crippen molar-refractivity contribution in [3.8, 4) is 0 Å². The first-order valence-electron chi connectivity index (χ1n) is 6.90. The number of hydrogen-bond acceptors (Lipinski definition) is 3. The molecule has 2 rings (SSSR count). The number of ether oxygens (including phenoxy) is 1. The first kappa shape index (κ1) is 14.8. The fourth-order valence-corrected chi connectivity index (χ4v) is 3.03. The van der Waals surface area contributed by atoms with Crippen LogP contribution in [-0.4, -0.2) is 28.5 Å². The molecule has 0 bridgehead atoms. The van der Waals surface area contributed by atoms with Crippen LogP contribution in [-0.2, 0) is 18.3 Å². The zero-order valence-corrected chi connectivity index (χ0v) is 13.2. The molecular formula is C14H24ClN3O. The molecule has 1 fully saturated rings. The molecule has 5 heteroatoms. The predicted molar refractivity (Wildman–Crippen MR) is 77.4 cm³/mol. The summed E-state index contributed by atoms with van der Waals surface area (Å²) in [6.07, 6.45) is 1.42. The molecule has 2 atom stereocenters. The van der Waals surface area contributed by atoms with E-state index in [9.17, 15) is 0 Å². The molecule has 2 unspecified atom stereocenters. The number of halogens is 1. The molecule has 1 heterocycles. The highest BCUT2D eigenvalue weighted by molar-refractivity contribution is 6.31. The molecule has 4 nitrogen and oxygen atoms in total. The lowest BCUT2D eigenvalue weighted by atomic mass is 9.64. The summed E-state index contributed by atoms with van der Waals surface area (Å²) in [5, 5.41) is 8.69. The second kappa shape index (κ2) is 5.43. The minimum atomic E-state index is 0.177. The first-order chi connectivity index (χ1) is 8.87. The van der Waals surface area contributed by atoms with Crippen molar-refractivity contribution in [2.75, 3.05) is 6.61 Å². The van der Waals surface area contributed by atoms with E-state index in [-0.39, 0.29) is 5.41 Å². The van der Waals surface area contributed by atoms with E-state index < -0.39 is 0 Å². The molecule has 0 saturated heterocycles. The Balaban J connectivity index is 1.94. The Morgan fingerprint density at radius 3 is 2.68 bits per heavy atom. The van der Waals surface area contributed by atoms with Crippen LogP contribution in [0.25, 0.3) is 0 Å². The van der Waals surface area contributed by atoms with Crippen LogP contribution >= 0.6 is 11.6 Å². The Bertz CT molecular complexity index is 456. The second-order valence-corrected chi connectivity index (χ2v) is 6.28. The minimum absolute atomic E-state index is 0.177. The van der Waals surface area contributed by atoms with Crippen LogP contribution in [0, 0.1) is 12.3 Å². The van der Waals surface area contributed by atoms with Crippen molar-refractivity contribution >= 4 is 11.6 Å². The highest BCUT2D eigenvalue weighted by Gasteiger charge is 2.48. The van der Waals surface area contributed by atoms with Crippen molar-refractivity contribution in [2.24, 2.45) is 12.5 Å². The standard InChI is InChI=1S/C14H24ClN3O/c1-6-19-12-7-11(14(12,3)4)16-8-10-13(15)9(2)17-18(10)5/h11-12,16H,6-8H2,1-5H3. The third-order valence-electron chi connectivity index (χ3n) is 4.32. The number of aryl methyl sites for hydroxylation is 2. The van der Waals surface area contributed by atoms with Gasteiger partial charge in [-0.2, -0.15) is 5.10 Å². The third kappa shape index (κ3) is 2.67. The Kier molecular flexibility index (Phi) is 4.23. The maximum absolute atomic E-state index is 6.26. The third-order valence-corrected chi connectivity index (χ3v) is 4.81. The zero-order chi connectivity index (χ0) is 14.2. The zero-order valence-electron chi connectivity index (χ0n) is 12.5. The van der Waals surface area contributed by atoms with Gasteiger partial charge in [-0.25, -0.2) is 0 Å². The van der Waals surface area contributed by atoms with Crippen molar-refractivity contribution < 1.29 is 4.74 Å². The quantitative estimate of drug-likeness (QED) is 0.904. The molecule has 0 aliphatic heterocycles. The van der Waals surface area contributed by atoms with Gasteiger partial charge in [0, 0.05) is 31.7 Å². The fourth-order valence-electron chi connectivity index (χ4n) is 2.81. The summed E-state index contributed by atoms with van der Waals surface area (Å²) in [4.78, 5) is 0. The molecule has 0 aromatic carbocycles. The summed E-state index contributed by atoms with van der Waals surface area (Å²) >= 11 is 6.26. The van der Waals surface area contributed by atoms with E-state index in [2.05, 4.69) is 31.2 Å². The van der Waals surface area contributed by atoms with E-state index in [1.54, 1.807) is 0 Å². The summed E-state index contributed by atoms with van der Waals surface area (Å²) in [7, 11) is 1.94. The topological polar surface area (TPSA) is 39.1 Å². The van der Waals surface area contributed by atoms with Gasteiger partial charge in [-0.1, -0.05) is 25.4 Å². The average Bonchev–Trinajstić information content (AvgIpc) is 2.58. The molecule has 0 radical (unpaired) electrons. The van der Waals surface area contributed by atoms with E-state index >= 15 is 0 Å². The molecule has 0 amide bonds. The second-order valence-electron chi connectivity index (χ2n) is 5.90. The lowest BCUT2D eigenvalue weighted by Gasteiger charge is -2.52. The van der Waals surface area contributed by atoms with E-state index in [0.29, 0.717) is 12.1 Å². The SMILES string of the molecule is CCOC1CC(NCc2c(Cl)c(C)nn2C)C1(C)C. The molecule has 1 aliphatic rings. The van der Waals surface area contributed by atoms with Crippen molar-refractivity contribution in [3.63, 3.8) is 0 Å². The van der Waals surface area contributed by atoms with Crippen molar-refractivity contribution in [1.29, 1.82) is 0 Å². The van der Waals surface area contributed by atoms with E-state index in [1.807, 2.05) is 18.7 Å². The average molecular weight is 286 g/mol. The van der Waals surface area contributed by atoms with E-state index in [0.717, 1.165) is 36.0 Å². The summed E-state index contributed by atoms with van der Waals surface area (Å²) < 4.78 is 7.60. The Labute approximate surface area is 120 Å². The maximum Gasteiger partial charge on any atom is 0.0860 e. The highest BCUT2D eigenvalue weighted by Crippen LogP contribution is 2.42. The Hall–Kier alpha value is -0.580. The summed E-state index contributed by atoms with van der Waals surface area (Å²) in [6, 6.07) is 0.468. The van der Waals surface area contributed by atoms with Gasteiger partial charge in [0.15, 0.2) is 0 Å². The number of nitrogens with zero attached hydrogens (tertiary/aromatic N) is 2. The smallest absolute Gasteiger partial charge is 0.0860 e. The molecule has 108 valence electrons. The van der Waals surface area contributed by atoms with Crippen molar-refractivity contribution in [3.05, 3.63) is 16.4 Å². The van der Waals surface area contributed by atoms with Gasteiger partial charge in [-0.15, -0.1) is 0 Å². The normalized spacial score (nSPS) is 25.4. The molecular weight excluding hydrogens is 262 g/mol. The number of nitrogens with one attached hydrogen (secondary N) is 1. The van der Waals surface area contributed by atoms with Crippen LogP contribution in [0.4, 0.5) is 0 Å². The fraction of sp³-hybridized carbons (Fsp3) is 0.786. The highest BCUT2D eigenvalue weighted by atomic mass is 35.5. The largest absolute Gasteiger partial charge is 0.378 e. The van der Waals surface area contributed by atoms with Crippen LogP contribution < -0.4 is 5.32 Å². The molecule has 19 heavy (non-hydrogen) atoms. The Morgan fingerprint density at radius 2 is 2.21 bits per heavy atom. The lowest BCUT2D eigenvalue weighted by molar-refractivity contribution is -0.114. The summed E-state index contributed by atoms with van der Waals surface area (Å²) in [6.45, 7) is 10.0. The van der Waals surface area contributed by atoms with Crippen molar-refractivity contribution in [2.45, 2.75) is 52.8 Å². The van der Waals surface area contributed by atoms with Gasteiger partial charge < -0.3 is 10.1 Å². The lowest BCUT2D eigenvalue weighted by Crippen LogP contribution is -2.60. The molecule has 0 spiro atoms. The van der Waals surface area contributed by atoms with Gasteiger partial charge in [0.25, 0.3) is 0 Å². The van der Waals surface area contributed by atoms with Crippen LogP contribution in [0.15, 0.2) is 0 Å². The van der Waals surface area contributed by atoms with Gasteiger partial charge in [-0.3, -0.25) is 4.68 Å². The predicted octanol–water partition coefficient (Wildman–Crippen LogP) is 2.68. The summed E-state index contributed by atoms with van der Waals surface area (Å²) in [5.74, 6) is 0. The number of rotatable bonds is 5. The van der Waals surface area contributed by atoms with Gasteiger partial charge >= 0.3 is 0 Å². The van der Waals surface area contributed by atoms with Gasteiger partial charge in [0.1, 0.15) is 0 Å². The number of hydrogen-bond donors (Lipinski definition) is 1. The number of aromatic nitrogens is 2. The summed E-state index contributed by atoms with van der Waals surface area (Å²) in [5.41, 5.74) is 2.12. The van der Waals surface area contributed by atoms with Crippen LogP contribution in [0.2, 0.25) is 5.02 Å². The van der Waals surface area contributed by atoms with E-state index in [4.69, 9.17) is 16.3 Å². The molecule has 1 N–H and O–H groups in total. The maximum atomic E-state index is 6.26. The molecule has 1 aromatic rings. The molecule has 1 saturated carbocycles. The Morgan fingerprint density at radius 1 is 1.53 bits per heavy atom. The minimum Gasteiger partial charge on any atom is -0.378 e.